The molecule has 0 spiro atoms. The van der Waals surface area contributed by atoms with Crippen molar-refractivity contribution in [1.29, 1.82) is 0 Å². The van der Waals surface area contributed by atoms with Crippen LogP contribution in [-0.2, 0) is 16.0 Å². The van der Waals surface area contributed by atoms with Gasteiger partial charge in [0.1, 0.15) is 0 Å². The molecule has 1 saturated heterocycles. The lowest BCUT2D eigenvalue weighted by Crippen LogP contribution is -2.43. The molecule has 2 rings (SSSR count). The standard InChI is InChI=1S/C15H22N2O2/c1-16-15(18)11-17(14-8-10-19-12-14)9-7-13-5-3-2-4-6-13/h2-6,14H,7-12H2,1H3,(H,16,18). The molecule has 0 aromatic heterocycles. The quantitative estimate of drug-likeness (QED) is 0.833. The number of carbonyl (C=O) groups excluding carboxylic acids is 1. The van der Waals surface area contributed by atoms with Crippen molar-refractivity contribution in [2.24, 2.45) is 0 Å². The average Bonchev–Trinajstić information content (AvgIpc) is 2.98. The zero-order chi connectivity index (χ0) is 13.5. The molecule has 0 saturated carbocycles. The zero-order valence-corrected chi connectivity index (χ0v) is 11.5. The monoisotopic (exact) mass is 262 g/mol. The number of rotatable bonds is 6. The van der Waals surface area contributed by atoms with E-state index in [0.29, 0.717) is 12.6 Å². The van der Waals surface area contributed by atoms with Crippen molar-refractivity contribution >= 4 is 5.91 Å². The SMILES string of the molecule is CNC(=O)CN(CCc1ccccc1)C1CCOC1. The van der Waals surface area contributed by atoms with Gasteiger partial charge in [0.15, 0.2) is 0 Å². The van der Waals surface area contributed by atoms with E-state index in [4.69, 9.17) is 4.74 Å². The number of hydrogen-bond acceptors (Lipinski definition) is 3. The minimum Gasteiger partial charge on any atom is -0.380 e. The molecular weight excluding hydrogens is 240 g/mol. The van der Waals surface area contributed by atoms with E-state index in [0.717, 1.165) is 32.6 Å². The smallest absolute Gasteiger partial charge is 0.233 e. The number of hydrogen-bond donors (Lipinski definition) is 1. The molecule has 1 aromatic carbocycles. The summed E-state index contributed by atoms with van der Waals surface area (Å²) < 4.78 is 5.43. The van der Waals surface area contributed by atoms with E-state index in [1.54, 1.807) is 7.05 Å². The number of benzene rings is 1. The van der Waals surface area contributed by atoms with E-state index in [9.17, 15) is 4.79 Å². The normalized spacial score (nSPS) is 18.7. The minimum absolute atomic E-state index is 0.0694. The number of nitrogens with zero attached hydrogens (tertiary/aromatic N) is 1. The number of carbonyl (C=O) groups is 1. The predicted molar refractivity (Wildman–Crippen MR) is 75.0 cm³/mol. The highest BCUT2D eigenvalue weighted by Crippen LogP contribution is 2.13. The summed E-state index contributed by atoms with van der Waals surface area (Å²) in [4.78, 5) is 13.8. The summed E-state index contributed by atoms with van der Waals surface area (Å²) in [6, 6.07) is 10.8. The van der Waals surface area contributed by atoms with Crippen LogP contribution in [0.2, 0.25) is 0 Å². The van der Waals surface area contributed by atoms with Gasteiger partial charge in [0, 0.05) is 26.2 Å². The fraction of sp³-hybridized carbons (Fsp3) is 0.533. The second kappa shape index (κ2) is 7.26. The first-order valence-corrected chi connectivity index (χ1v) is 6.86. The Morgan fingerprint density at radius 2 is 2.21 bits per heavy atom. The molecule has 1 aliphatic rings. The molecule has 0 aliphatic carbocycles. The Kier molecular flexibility index (Phi) is 5.36. The molecule has 1 aromatic rings. The largest absolute Gasteiger partial charge is 0.380 e. The highest BCUT2D eigenvalue weighted by Gasteiger charge is 2.24. The van der Waals surface area contributed by atoms with Crippen LogP contribution in [0.25, 0.3) is 0 Å². The minimum atomic E-state index is 0.0694. The van der Waals surface area contributed by atoms with E-state index in [-0.39, 0.29) is 5.91 Å². The van der Waals surface area contributed by atoms with Crippen molar-refractivity contribution < 1.29 is 9.53 Å². The maximum atomic E-state index is 11.6. The molecule has 104 valence electrons. The predicted octanol–water partition coefficient (Wildman–Crippen LogP) is 1.07. The van der Waals surface area contributed by atoms with Crippen molar-refractivity contribution in [1.82, 2.24) is 10.2 Å². The second-order valence-corrected chi connectivity index (χ2v) is 4.90. The summed E-state index contributed by atoms with van der Waals surface area (Å²) in [5.41, 5.74) is 1.31. The van der Waals surface area contributed by atoms with Crippen LogP contribution in [0.1, 0.15) is 12.0 Å². The van der Waals surface area contributed by atoms with E-state index in [1.807, 2.05) is 6.07 Å². The highest BCUT2D eigenvalue weighted by atomic mass is 16.5. The van der Waals surface area contributed by atoms with Crippen molar-refractivity contribution in [2.75, 3.05) is 33.4 Å². The van der Waals surface area contributed by atoms with Gasteiger partial charge in [-0.1, -0.05) is 30.3 Å². The van der Waals surface area contributed by atoms with Crippen LogP contribution >= 0.6 is 0 Å². The summed E-state index contributed by atoms with van der Waals surface area (Å²) in [6.45, 7) is 2.90. The third kappa shape index (κ3) is 4.33. The lowest BCUT2D eigenvalue weighted by molar-refractivity contribution is -0.122. The van der Waals surface area contributed by atoms with Crippen molar-refractivity contribution in [2.45, 2.75) is 18.9 Å². The molecule has 0 bridgehead atoms. The first-order chi connectivity index (χ1) is 9.29. The number of nitrogens with one attached hydrogen (secondary N) is 1. The van der Waals surface area contributed by atoms with Gasteiger partial charge in [-0.3, -0.25) is 9.69 Å². The molecule has 19 heavy (non-hydrogen) atoms. The topological polar surface area (TPSA) is 41.6 Å². The fourth-order valence-electron chi connectivity index (χ4n) is 2.38. The Hall–Kier alpha value is -1.39. The molecule has 4 heteroatoms. The zero-order valence-electron chi connectivity index (χ0n) is 11.5. The Morgan fingerprint density at radius 1 is 1.42 bits per heavy atom. The first kappa shape index (κ1) is 14.0. The van der Waals surface area contributed by atoms with Crippen molar-refractivity contribution in [3.05, 3.63) is 35.9 Å². The van der Waals surface area contributed by atoms with Crippen molar-refractivity contribution in [3.8, 4) is 0 Å². The second-order valence-electron chi connectivity index (χ2n) is 4.90. The van der Waals surface area contributed by atoms with Gasteiger partial charge in [0.2, 0.25) is 5.91 Å². The maximum Gasteiger partial charge on any atom is 0.233 e. The molecule has 1 fully saturated rings. The van der Waals surface area contributed by atoms with Crippen LogP contribution in [0.5, 0.6) is 0 Å². The Balaban J connectivity index is 1.91. The van der Waals surface area contributed by atoms with Crippen LogP contribution in [-0.4, -0.2) is 50.2 Å². The van der Waals surface area contributed by atoms with Crippen LogP contribution in [0.3, 0.4) is 0 Å². The lowest BCUT2D eigenvalue weighted by atomic mass is 10.1. The molecule has 0 radical (unpaired) electrons. The van der Waals surface area contributed by atoms with E-state index >= 15 is 0 Å². The van der Waals surface area contributed by atoms with Crippen molar-refractivity contribution in [3.63, 3.8) is 0 Å². The highest BCUT2D eigenvalue weighted by molar-refractivity contribution is 5.77. The summed E-state index contributed by atoms with van der Waals surface area (Å²) in [7, 11) is 1.68. The third-order valence-electron chi connectivity index (χ3n) is 3.58. The summed E-state index contributed by atoms with van der Waals surface area (Å²) in [5, 5.41) is 2.70. The van der Waals surface area contributed by atoms with Crippen LogP contribution in [0.15, 0.2) is 30.3 Å². The molecule has 1 heterocycles. The number of likely N-dealkylation sites (N-methyl/N-ethyl adjacent to an activating group) is 1. The van der Waals surface area contributed by atoms with Gasteiger partial charge in [-0.05, 0) is 18.4 Å². The van der Waals surface area contributed by atoms with Gasteiger partial charge in [-0.15, -0.1) is 0 Å². The molecular formula is C15H22N2O2. The van der Waals surface area contributed by atoms with E-state index < -0.39 is 0 Å². The summed E-state index contributed by atoms with van der Waals surface area (Å²) >= 11 is 0. The van der Waals surface area contributed by atoms with Gasteiger partial charge < -0.3 is 10.1 Å². The number of amides is 1. The molecule has 1 atom stereocenters. The Morgan fingerprint density at radius 3 is 2.84 bits per heavy atom. The summed E-state index contributed by atoms with van der Waals surface area (Å²) in [6.07, 6.45) is 1.99. The molecule has 1 unspecified atom stereocenters. The van der Waals surface area contributed by atoms with Crippen LogP contribution < -0.4 is 5.32 Å². The van der Waals surface area contributed by atoms with Gasteiger partial charge in [-0.25, -0.2) is 0 Å². The Labute approximate surface area is 114 Å². The van der Waals surface area contributed by atoms with Gasteiger partial charge in [0.25, 0.3) is 0 Å². The molecule has 1 amide bonds. The molecule has 1 N–H and O–H groups in total. The van der Waals surface area contributed by atoms with Gasteiger partial charge in [0.05, 0.1) is 13.2 Å². The lowest BCUT2D eigenvalue weighted by Gasteiger charge is -2.26. The van der Waals surface area contributed by atoms with Crippen LogP contribution in [0.4, 0.5) is 0 Å². The van der Waals surface area contributed by atoms with Gasteiger partial charge in [-0.2, -0.15) is 0 Å². The Bertz CT molecular complexity index is 388. The van der Waals surface area contributed by atoms with Crippen LogP contribution in [0, 0.1) is 0 Å². The third-order valence-corrected chi connectivity index (χ3v) is 3.58. The maximum absolute atomic E-state index is 11.6. The molecule has 1 aliphatic heterocycles. The molecule has 4 nitrogen and oxygen atoms in total. The van der Waals surface area contributed by atoms with E-state index in [1.165, 1.54) is 5.56 Å². The average molecular weight is 262 g/mol. The van der Waals surface area contributed by atoms with E-state index in [2.05, 4.69) is 34.5 Å². The summed E-state index contributed by atoms with van der Waals surface area (Å²) in [5.74, 6) is 0.0694. The number of ether oxygens (including phenoxy) is 1. The fourth-order valence-corrected chi connectivity index (χ4v) is 2.38. The van der Waals surface area contributed by atoms with Gasteiger partial charge >= 0.3 is 0 Å². The first-order valence-electron chi connectivity index (χ1n) is 6.86.